The zero-order valence-corrected chi connectivity index (χ0v) is 20.0. The predicted octanol–water partition coefficient (Wildman–Crippen LogP) is 5.26. The molecular formula is C25H39NO5S. The molecule has 1 aromatic rings. The molecule has 180 valence electrons. The summed E-state index contributed by atoms with van der Waals surface area (Å²) in [6, 6.07) is 4.40. The minimum absolute atomic E-state index is 0.0476. The zero-order chi connectivity index (χ0) is 23.8. The third-order valence-electron chi connectivity index (χ3n) is 5.59. The van der Waals surface area contributed by atoms with Crippen LogP contribution in [0.5, 0.6) is 0 Å². The summed E-state index contributed by atoms with van der Waals surface area (Å²) >= 11 is 1.85. The van der Waals surface area contributed by atoms with Crippen molar-refractivity contribution in [3.63, 3.8) is 0 Å². The lowest BCUT2D eigenvalue weighted by molar-refractivity contribution is -0.134. The number of aliphatic carboxylic acids is 2. The van der Waals surface area contributed by atoms with E-state index in [4.69, 9.17) is 15.9 Å². The van der Waals surface area contributed by atoms with Crippen molar-refractivity contribution in [2.24, 2.45) is 11.7 Å². The molecule has 32 heavy (non-hydrogen) atoms. The van der Waals surface area contributed by atoms with E-state index in [0.717, 1.165) is 18.8 Å². The van der Waals surface area contributed by atoms with Gasteiger partial charge < -0.3 is 21.1 Å². The highest BCUT2D eigenvalue weighted by Crippen LogP contribution is 2.28. The lowest BCUT2D eigenvalue weighted by Crippen LogP contribution is -2.40. The first kappa shape index (κ1) is 28.1. The van der Waals surface area contributed by atoms with Gasteiger partial charge in [-0.1, -0.05) is 51.0 Å². The van der Waals surface area contributed by atoms with Crippen molar-refractivity contribution in [2.75, 3.05) is 6.61 Å². The zero-order valence-electron chi connectivity index (χ0n) is 19.2. The summed E-state index contributed by atoms with van der Waals surface area (Å²) in [4.78, 5) is 21.8. The fourth-order valence-electron chi connectivity index (χ4n) is 3.62. The lowest BCUT2D eigenvalue weighted by Gasteiger charge is -2.21. The topological polar surface area (TPSA) is 121 Å². The number of aliphatic hydroxyl groups excluding tert-OH is 1. The van der Waals surface area contributed by atoms with Gasteiger partial charge >= 0.3 is 11.9 Å². The Morgan fingerprint density at radius 1 is 1.12 bits per heavy atom. The first-order valence-corrected chi connectivity index (χ1v) is 12.3. The third kappa shape index (κ3) is 14.2. The maximum Gasteiger partial charge on any atom is 0.328 e. The maximum atomic E-state index is 9.55. The first-order chi connectivity index (χ1) is 15.2. The highest BCUT2D eigenvalue weighted by atomic mass is 32.1. The summed E-state index contributed by atoms with van der Waals surface area (Å²) in [7, 11) is 0. The van der Waals surface area contributed by atoms with Gasteiger partial charge in [-0.15, -0.1) is 11.3 Å². The Labute approximate surface area is 195 Å². The number of nitrogens with two attached hydrogens (primary N) is 1. The molecule has 7 heteroatoms. The normalized spacial score (nSPS) is 16.6. The minimum Gasteiger partial charge on any atom is -0.478 e. The average Bonchev–Trinajstić information content (AvgIpc) is 3.22. The van der Waals surface area contributed by atoms with Crippen LogP contribution in [0.25, 0.3) is 6.08 Å². The number of hydrogen-bond donors (Lipinski definition) is 4. The van der Waals surface area contributed by atoms with Crippen molar-refractivity contribution in [2.45, 2.75) is 83.1 Å². The first-order valence-electron chi connectivity index (χ1n) is 11.5. The molecule has 1 aliphatic carbocycles. The Kier molecular flexibility index (Phi) is 13.8. The van der Waals surface area contributed by atoms with E-state index >= 15 is 0 Å². The molecule has 1 unspecified atom stereocenters. The van der Waals surface area contributed by atoms with Crippen LogP contribution in [-0.2, 0) is 16.0 Å². The minimum atomic E-state index is -1.26. The number of aliphatic hydroxyl groups is 1. The molecular weight excluding hydrogens is 426 g/mol. The standard InChI is InChI=1S/C21H35NOS.C4H4O4/c1-21(22,17-23)16-15-20-14-13-19(24-20)12-8-3-2-5-9-18-10-6-4-7-11-18;5-3(6)1-2-4(7)8/h8,12-14,18,23H,2-7,9-11,15-17,22H2,1H3;1-2H,(H,5,6)(H,7,8)/b12-8+;2-1-. The Balaban J connectivity index is 0.000000547. The van der Waals surface area contributed by atoms with Gasteiger partial charge in [0.25, 0.3) is 0 Å². The molecule has 1 fully saturated rings. The number of thiophene rings is 1. The van der Waals surface area contributed by atoms with E-state index in [2.05, 4.69) is 24.3 Å². The third-order valence-corrected chi connectivity index (χ3v) is 6.70. The van der Waals surface area contributed by atoms with E-state index < -0.39 is 17.5 Å². The molecule has 1 heterocycles. The van der Waals surface area contributed by atoms with Gasteiger partial charge in [-0.3, -0.25) is 0 Å². The summed E-state index contributed by atoms with van der Waals surface area (Å²) in [6.07, 6.45) is 20.2. The van der Waals surface area contributed by atoms with Crippen LogP contribution < -0.4 is 5.73 Å². The van der Waals surface area contributed by atoms with Crippen molar-refractivity contribution in [1.82, 2.24) is 0 Å². The van der Waals surface area contributed by atoms with Crippen LogP contribution in [0.2, 0.25) is 0 Å². The second-order valence-corrected chi connectivity index (χ2v) is 10.0. The van der Waals surface area contributed by atoms with Crippen LogP contribution in [0.4, 0.5) is 0 Å². The van der Waals surface area contributed by atoms with Crippen molar-refractivity contribution < 1.29 is 24.9 Å². The molecule has 1 aromatic heterocycles. The Morgan fingerprint density at radius 3 is 2.38 bits per heavy atom. The van der Waals surface area contributed by atoms with Crippen molar-refractivity contribution in [3.8, 4) is 0 Å². The predicted molar refractivity (Wildman–Crippen MR) is 131 cm³/mol. The van der Waals surface area contributed by atoms with Crippen LogP contribution in [0.3, 0.4) is 0 Å². The molecule has 2 rings (SSSR count). The molecule has 0 aromatic carbocycles. The van der Waals surface area contributed by atoms with E-state index in [-0.39, 0.29) is 6.61 Å². The lowest BCUT2D eigenvalue weighted by atomic mass is 9.85. The van der Waals surface area contributed by atoms with Gasteiger partial charge in [0.05, 0.1) is 6.61 Å². The van der Waals surface area contributed by atoms with Crippen LogP contribution in [0.1, 0.15) is 80.9 Å². The van der Waals surface area contributed by atoms with E-state index in [1.165, 1.54) is 67.5 Å². The van der Waals surface area contributed by atoms with Crippen molar-refractivity contribution >= 4 is 29.4 Å². The molecule has 0 bridgehead atoms. The van der Waals surface area contributed by atoms with E-state index in [9.17, 15) is 14.7 Å². The van der Waals surface area contributed by atoms with Gasteiger partial charge in [-0.25, -0.2) is 9.59 Å². The number of carboxylic acids is 2. The largest absolute Gasteiger partial charge is 0.478 e. The van der Waals surface area contributed by atoms with Gasteiger partial charge in [0.2, 0.25) is 0 Å². The van der Waals surface area contributed by atoms with E-state index in [1.54, 1.807) is 0 Å². The smallest absolute Gasteiger partial charge is 0.328 e. The van der Waals surface area contributed by atoms with Crippen molar-refractivity contribution in [1.29, 1.82) is 0 Å². The van der Waals surface area contributed by atoms with Crippen LogP contribution in [0, 0.1) is 5.92 Å². The van der Waals surface area contributed by atoms with Gasteiger partial charge in [0.15, 0.2) is 0 Å². The number of aryl methyl sites for hydroxylation is 1. The van der Waals surface area contributed by atoms with Gasteiger partial charge in [0, 0.05) is 27.4 Å². The molecule has 0 amide bonds. The molecule has 1 saturated carbocycles. The summed E-state index contributed by atoms with van der Waals surface area (Å²) in [5.74, 6) is -1.49. The summed E-state index contributed by atoms with van der Waals surface area (Å²) in [5, 5.41) is 24.8. The molecule has 5 N–H and O–H groups in total. The Hall–Kier alpha value is -1.96. The molecule has 0 aliphatic heterocycles. The number of carboxylic acid groups (broad SMARTS) is 2. The van der Waals surface area contributed by atoms with Crippen LogP contribution in [0.15, 0.2) is 30.4 Å². The van der Waals surface area contributed by atoms with E-state index in [1.807, 2.05) is 18.3 Å². The van der Waals surface area contributed by atoms with Crippen molar-refractivity contribution in [3.05, 3.63) is 40.1 Å². The fourth-order valence-corrected chi connectivity index (χ4v) is 4.56. The van der Waals surface area contributed by atoms with Crippen LogP contribution >= 0.6 is 11.3 Å². The highest BCUT2D eigenvalue weighted by Gasteiger charge is 2.17. The number of carbonyl (C=O) groups is 2. The average molecular weight is 466 g/mol. The Bertz CT molecular complexity index is 716. The summed E-state index contributed by atoms with van der Waals surface area (Å²) < 4.78 is 0. The second-order valence-electron chi connectivity index (χ2n) is 8.82. The van der Waals surface area contributed by atoms with Crippen LogP contribution in [-0.4, -0.2) is 39.4 Å². The SMILES string of the molecule is CC(N)(CO)CCc1ccc(/C=C/CCCCC2CCCCC2)s1.O=C(O)/C=C\C(=O)O. The van der Waals surface area contributed by atoms with E-state index in [0.29, 0.717) is 12.2 Å². The highest BCUT2D eigenvalue weighted by molar-refractivity contribution is 7.12. The van der Waals surface area contributed by atoms with Gasteiger partial charge in [-0.2, -0.15) is 0 Å². The molecule has 1 aliphatic rings. The fraction of sp³-hybridized carbons (Fsp3) is 0.600. The number of unbranched alkanes of at least 4 members (excludes halogenated alkanes) is 2. The monoisotopic (exact) mass is 465 g/mol. The Morgan fingerprint density at radius 2 is 1.78 bits per heavy atom. The number of hydrogen-bond acceptors (Lipinski definition) is 5. The number of rotatable bonds is 12. The molecule has 0 radical (unpaired) electrons. The molecule has 0 spiro atoms. The summed E-state index contributed by atoms with van der Waals surface area (Å²) in [5.41, 5.74) is 5.53. The molecule has 1 atom stereocenters. The molecule has 0 saturated heterocycles. The quantitative estimate of drug-likeness (QED) is 0.247. The van der Waals surface area contributed by atoms with Gasteiger partial charge in [-0.05, 0) is 56.7 Å². The maximum absolute atomic E-state index is 9.55. The summed E-state index contributed by atoms with van der Waals surface area (Å²) in [6.45, 7) is 1.96. The second kappa shape index (κ2) is 15.8. The number of allylic oxidation sites excluding steroid dienone is 1. The molecule has 6 nitrogen and oxygen atoms in total. The van der Waals surface area contributed by atoms with Gasteiger partial charge in [0.1, 0.15) is 0 Å².